The van der Waals surface area contributed by atoms with Crippen molar-refractivity contribution in [2.75, 3.05) is 11.4 Å². The van der Waals surface area contributed by atoms with Crippen molar-refractivity contribution in [3.8, 4) is 0 Å². The Kier molecular flexibility index (Phi) is 9.13. The van der Waals surface area contributed by atoms with Crippen LogP contribution in [0.1, 0.15) is 63.5 Å². The van der Waals surface area contributed by atoms with E-state index in [9.17, 15) is 18.4 Å². The Morgan fingerprint density at radius 1 is 0.921 bits per heavy atom. The number of ether oxygens (including phenoxy) is 1. The van der Waals surface area contributed by atoms with E-state index in [1.807, 2.05) is 36.4 Å². The van der Waals surface area contributed by atoms with Crippen molar-refractivity contribution in [2.24, 2.45) is 5.92 Å². The molecule has 4 rings (SSSR count). The second-order valence-electron chi connectivity index (χ2n) is 10.4. The molecule has 4 nitrogen and oxygen atoms in total. The van der Waals surface area contributed by atoms with Crippen LogP contribution in [-0.2, 0) is 27.2 Å². The van der Waals surface area contributed by atoms with Crippen LogP contribution in [0.4, 0.5) is 14.5 Å². The van der Waals surface area contributed by atoms with E-state index in [4.69, 9.17) is 4.74 Å². The first-order valence-electron chi connectivity index (χ1n) is 13.7. The highest BCUT2D eigenvalue weighted by Gasteiger charge is 2.49. The molecule has 0 N–H and O–H groups in total. The van der Waals surface area contributed by atoms with Gasteiger partial charge in [0.2, 0.25) is 5.91 Å². The van der Waals surface area contributed by atoms with E-state index in [1.165, 1.54) is 12.0 Å². The van der Waals surface area contributed by atoms with Crippen molar-refractivity contribution < 1.29 is 23.1 Å². The molecular formula is C32H37F2NO3. The van der Waals surface area contributed by atoms with Gasteiger partial charge >= 0.3 is 5.97 Å². The van der Waals surface area contributed by atoms with Gasteiger partial charge in [-0.05, 0) is 66.1 Å². The van der Waals surface area contributed by atoms with E-state index in [1.54, 1.807) is 4.90 Å². The normalized spacial score (nSPS) is 18.7. The summed E-state index contributed by atoms with van der Waals surface area (Å²) in [6, 6.07) is 22.3. The molecule has 0 heterocycles. The fourth-order valence-corrected chi connectivity index (χ4v) is 5.33. The average molecular weight is 522 g/mol. The maximum atomic E-state index is 14.9. The van der Waals surface area contributed by atoms with Gasteiger partial charge in [0.05, 0.1) is 0 Å². The number of anilines is 1. The highest BCUT2D eigenvalue weighted by Crippen LogP contribution is 2.40. The fraction of sp³-hybridized carbons (Fsp3) is 0.438. The van der Waals surface area contributed by atoms with E-state index in [0.29, 0.717) is 13.0 Å². The van der Waals surface area contributed by atoms with E-state index in [-0.39, 0.29) is 18.7 Å². The predicted molar refractivity (Wildman–Crippen MR) is 148 cm³/mol. The number of rotatable bonds is 10. The van der Waals surface area contributed by atoms with Gasteiger partial charge in [-0.1, -0.05) is 74.4 Å². The van der Waals surface area contributed by atoms with Gasteiger partial charge in [-0.15, -0.1) is 0 Å². The van der Waals surface area contributed by atoms with Gasteiger partial charge in [-0.25, -0.2) is 8.78 Å². The molecular weight excluding hydrogens is 484 g/mol. The van der Waals surface area contributed by atoms with Crippen LogP contribution >= 0.6 is 0 Å². The minimum atomic E-state index is -3.24. The second-order valence-corrected chi connectivity index (χ2v) is 10.4. The number of hydrogen-bond donors (Lipinski definition) is 0. The Morgan fingerprint density at radius 2 is 1.63 bits per heavy atom. The zero-order valence-corrected chi connectivity index (χ0v) is 22.3. The first-order chi connectivity index (χ1) is 18.3. The topological polar surface area (TPSA) is 46.6 Å². The molecule has 0 spiro atoms. The quantitative estimate of drug-likeness (QED) is 0.205. The SMILES string of the molecule is CCCCCc1ccc(N(CCc2ccc3ccccc3c2)C(=O)[C@@H]2CC[C@@H](OC(C)=O)C(F)(F)C2)cc1. The van der Waals surface area contributed by atoms with Crippen molar-refractivity contribution in [3.63, 3.8) is 0 Å². The smallest absolute Gasteiger partial charge is 0.303 e. The van der Waals surface area contributed by atoms with Gasteiger partial charge in [0.25, 0.3) is 5.92 Å². The molecule has 0 saturated heterocycles. The van der Waals surface area contributed by atoms with E-state index >= 15 is 0 Å². The monoisotopic (exact) mass is 521 g/mol. The number of amides is 1. The summed E-state index contributed by atoms with van der Waals surface area (Å²) in [4.78, 5) is 26.7. The zero-order chi connectivity index (χ0) is 27.1. The Hall–Kier alpha value is -3.28. The lowest BCUT2D eigenvalue weighted by Gasteiger charge is -2.36. The summed E-state index contributed by atoms with van der Waals surface area (Å²) in [7, 11) is 0. The molecule has 1 fully saturated rings. The number of unbranched alkanes of at least 4 members (excludes halogenated alkanes) is 2. The number of alkyl halides is 2. The fourth-order valence-electron chi connectivity index (χ4n) is 5.33. The predicted octanol–water partition coefficient (Wildman–Crippen LogP) is 7.52. The van der Waals surface area contributed by atoms with Crippen LogP contribution in [0.25, 0.3) is 10.8 Å². The number of hydrogen-bond acceptors (Lipinski definition) is 3. The van der Waals surface area contributed by atoms with Crippen molar-refractivity contribution in [1.29, 1.82) is 0 Å². The maximum Gasteiger partial charge on any atom is 0.303 e. The molecule has 0 aromatic heterocycles. The van der Waals surface area contributed by atoms with Crippen LogP contribution in [0.15, 0.2) is 66.7 Å². The van der Waals surface area contributed by atoms with Crippen molar-refractivity contribution >= 4 is 28.3 Å². The van der Waals surface area contributed by atoms with Crippen LogP contribution in [0, 0.1) is 5.92 Å². The van der Waals surface area contributed by atoms with Gasteiger partial charge in [0, 0.05) is 31.5 Å². The van der Waals surface area contributed by atoms with Gasteiger partial charge in [0.1, 0.15) is 0 Å². The van der Waals surface area contributed by atoms with Crippen molar-refractivity contribution in [1.82, 2.24) is 0 Å². The summed E-state index contributed by atoms with van der Waals surface area (Å²) in [6.07, 6.45) is 3.15. The third-order valence-corrected chi connectivity index (χ3v) is 7.45. The lowest BCUT2D eigenvalue weighted by molar-refractivity contribution is -0.185. The number of fused-ring (bicyclic) bond motifs is 1. The van der Waals surface area contributed by atoms with Crippen LogP contribution < -0.4 is 4.90 Å². The Labute approximate surface area is 224 Å². The number of carbonyl (C=O) groups excluding carboxylic acids is 2. The Morgan fingerprint density at radius 3 is 2.32 bits per heavy atom. The number of aryl methyl sites for hydroxylation is 1. The molecule has 6 heteroatoms. The zero-order valence-electron chi connectivity index (χ0n) is 22.3. The maximum absolute atomic E-state index is 14.9. The average Bonchev–Trinajstić information content (AvgIpc) is 2.90. The van der Waals surface area contributed by atoms with Crippen LogP contribution in [-0.4, -0.2) is 30.4 Å². The molecule has 202 valence electrons. The van der Waals surface area contributed by atoms with Gasteiger partial charge in [-0.2, -0.15) is 0 Å². The highest BCUT2D eigenvalue weighted by atomic mass is 19.3. The standard InChI is InChI=1S/C32H37F2NO3/c1-3-4-5-8-24-12-16-29(17-13-24)35(20-19-25-11-14-26-9-6-7-10-27(26)21-25)31(37)28-15-18-30(38-23(2)36)32(33,34)22-28/h6-7,9-14,16-17,21,28,30H,3-5,8,15,18-20,22H2,1-2H3/t28-,30-/m1/s1. The summed E-state index contributed by atoms with van der Waals surface area (Å²) in [5, 5.41) is 2.28. The molecule has 38 heavy (non-hydrogen) atoms. The summed E-state index contributed by atoms with van der Waals surface area (Å²) in [5.41, 5.74) is 3.01. The number of carbonyl (C=O) groups is 2. The lowest BCUT2D eigenvalue weighted by Crippen LogP contribution is -2.48. The highest BCUT2D eigenvalue weighted by molar-refractivity contribution is 5.95. The molecule has 1 aliphatic carbocycles. The van der Waals surface area contributed by atoms with Gasteiger partial charge in [0.15, 0.2) is 6.10 Å². The Bertz CT molecular complexity index is 1240. The van der Waals surface area contributed by atoms with Crippen LogP contribution in [0.2, 0.25) is 0 Å². The largest absolute Gasteiger partial charge is 0.456 e. The molecule has 3 aromatic rings. The number of halogens is 2. The molecule has 0 aliphatic heterocycles. The third kappa shape index (κ3) is 6.97. The number of esters is 1. The molecule has 1 saturated carbocycles. The molecule has 2 atom stereocenters. The number of benzene rings is 3. The number of nitrogens with zero attached hydrogens (tertiary/aromatic N) is 1. The minimum absolute atomic E-state index is 0.0299. The first-order valence-corrected chi connectivity index (χ1v) is 13.7. The van der Waals surface area contributed by atoms with Gasteiger partial charge in [-0.3, -0.25) is 9.59 Å². The second kappa shape index (κ2) is 12.5. The molecule has 1 amide bonds. The summed E-state index contributed by atoms with van der Waals surface area (Å²) < 4.78 is 34.6. The van der Waals surface area contributed by atoms with Gasteiger partial charge < -0.3 is 9.64 Å². The molecule has 3 aromatic carbocycles. The van der Waals surface area contributed by atoms with E-state index < -0.39 is 30.3 Å². The van der Waals surface area contributed by atoms with Crippen LogP contribution in [0.3, 0.4) is 0 Å². The first kappa shape index (κ1) is 27.7. The minimum Gasteiger partial charge on any atom is -0.456 e. The Balaban J connectivity index is 1.53. The lowest BCUT2D eigenvalue weighted by atomic mass is 9.83. The van der Waals surface area contributed by atoms with E-state index in [2.05, 4.69) is 37.3 Å². The van der Waals surface area contributed by atoms with E-state index in [0.717, 1.165) is 48.2 Å². The summed E-state index contributed by atoms with van der Waals surface area (Å²) >= 11 is 0. The van der Waals surface area contributed by atoms with Crippen molar-refractivity contribution in [2.45, 2.75) is 77.2 Å². The third-order valence-electron chi connectivity index (χ3n) is 7.45. The van der Waals surface area contributed by atoms with Crippen molar-refractivity contribution in [3.05, 3.63) is 77.9 Å². The summed E-state index contributed by atoms with van der Waals surface area (Å²) in [6.45, 7) is 3.70. The molecule has 0 radical (unpaired) electrons. The molecule has 0 bridgehead atoms. The molecule has 0 unspecified atom stereocenters. The summed E-state index contributed by atoms with van der Waals surface area (Å²) in [5.74, 6) is -5.10. The van der Waals surface area contributed by atoms with Crippen LogP contribution in [0.5, 0.6) is 0 Å². The molecule has 1 aliphatic rings.